The topological polar surface area (TPSA) is 76.4 Å². The molecule has 4 aromatic rings. The maximum absolute atomic E-state index is 12.4. The number of nitrogens with one attached hydrogen (secondary N) is 1. The predicted molar refractivity (Wildman–Crippen MR) is 110 cm³/mol. The SMILES string of the molecule is Cc1ccc(-c2nn3c(=O)cc(CNC(=O)c4cccc(Cl)c4)nc3s2)cc1. The lowest BCUT2D eigenvalue weighted by atomic mass is 10.2. The monoisotopic (exact) mass is 410 g/mol. The molecule has 4 rings (SSSR count). The summed E-state index contributed by atoms with van der Waals surface area (Å²) in [6.45, 7) is 2.15. The molecule has 0 aliphatic carbocycles. The fourth-order valence-electron chi connectivity index (χ4n) is 2.66. The van der Waals surface area contributed by atoms with Gasteiger partial charge in [0.2, 0.25) is 4.96 Å². The molecule has 0 bridgehead atoms. The van der Waals surface area contributed by atoms with E-state index in [1.54, 1.807) is 24.3 Å². The molecular formula is C20H15ClN4O2S. The van der Waals surface area contributed by atoms with E-state index < -0.39 is 0 Å². The van der Waals surface area contributed by atoms with E-state index in [4.69, 9.17) is 11.6 Å². The van der Waals surface area contributed by atoms with Crippen molar-refractivity contribution >= 4 is 33.8 Å². The molecule has 6 nitrogen and oxygen atoms in total. The zero-order valence-corrected chi connectivity index (χ0v) is 16.4. The van der Waals surface area contributed by atoms with Gasteiger partial charge in [0.25, 0.3) is 11.5 Å². The predicted octanol–water partition coefficient (Wildman–Crippen LogP) is 3.71. The number of carbonyl (C=O) groups is 1. The van der Waals surface area contributed by atoms with Crippen molar-refractivity contribution in [2.75, 3.05) is 0 Å². The Morgan fingerprint density at radius 1 is 1.18 bits per heavy atom. The minimum absolute atomic E-state index is 0.134. The van der Waals surface area contributed by atoms with Gasteiger partial charge >= 0.3 is 0 Å². The molecule has 0 aliphatic heterocycles. The van der Waals surface area contributed by atoms with Crippen LogP contribution in [0.2, 0.25) is 5.02 Å². The molecule has 0 saturated heterocycles. The van der Waals surface area contributed by atoms with Crippen LogP contribution >= 0.6 is 22.9 Å². The van der Waals surface area contributed by atoms with E-state index in [1.807, 2.05) is 31.2 Å². The van der Waals surface area contributed by atoms with E-state index >= 15 is 0 Å². The normalized spacial score (nSPS) is 10.9. The van der Waals surface area contributed by atoms with E-state index in [1.165, 1.54) is 21.9 Å². The van der Waals surface area contributed by atoms with Crippen molar-refractivity contribution in [1.82, 2.24) is 19.9 Å². The number of rotatable bonds is 4. The summed E-state index contributed by atoms with van der Waals surface area (Å²) >= 11 is 7.24. The highest BCUT2D eigenvalue weighted by Crippen LogP contribution is 2.24. The maximum atomic E-state index is 12.4. The van der Waals surface area contributed by atoms with Crippen molar-refractivity contribution in [2.45, 2.75) is 13.5 Å². The summed E-state index contributed by atoms with van der Waals surface area (Å²) in [6.07, 6.45) is 0. The summed E-state index contributed by atoms with van der Waals surface area (Å²) in [4.78, 5) is 29.6. The average molecular weight is 411 g/mol. The van der Waals surface area contributed by atoms with Gasteiger partial charge in [-0.3, -0.25) is 9.59 Å². The van der Waals surface area contributed by atoms with Gasteiger partial charge in [-0.05, 0) is 25.1 Å². The van der Waals surface area contributed by atoms with Crippen LogP contribution < -0.4 is 10.9 Å². The van der Waals surface area contributed by atoms with Crippen molar-refractivity contribution in [3.63, 3.8) is 0 Å². The Morgan fingerprint density at radius 2 is 1.96 bits per heavy atom. The summed E-state index contributed by atoms with van der Waals surface area (Å²) in [6, 6.07) is 16.0. The first-order valence-corrected chi connectivity index (χ1v) is 9.70. The standard InChI is InChI=1S/C20H15ClN4O2S/c1-12-5-7-13(8-6-12)19-24-25-17(26)10-16(23-20(25)28-19)11-22-18(27)14-3-2-4-15(21)9-14/h2-10H,11H2,1H3,(H,22,27). The molecule has 0 unspecified atom stereocenters. The van der Waals surface area contributed by atoms with Crippen molar-refractivity contribution in [3.8, 4) is 10.6 Å². The van der Waals surface area contributed by atoms with Crippen LogP contribution in [0.25, 0.3) is 15.5 Å². The van der Waals surface area contributed by atoms with Crippen LogP contribution in [0.4, 0.5) is 0 Å². The van der Waals surface area contributed by atoms with Crippen molar-refractivity contribution in [2.24, 2.45) is 0 Å². The van der Waals surface area contributed by atoms with Crippen molar-refractivity contribution in [1.29, 1.82) is 0 Å². The van der Waals surface area contributed by atoms with Gasteiger partial charge in [-0.2, -0.15) is 9.61 Å². The molecule has 28 heavy (non-hydrogen) atoms. The Kier molecular flexibility index (Phi) is 4.93. The Hall–Kier alpha value is -3.03. The Morgan fingerprint density at radius 3 is 2.71 bits per heavy atom. The Balaban J connectivity index is 1.58. The van der Waals surface area contributed by atoms with Gasteiger partial charge in [0.15, 0.2) is 0 Å². The van der Waals surface area contributed by atoms with Gasteiger partial charge in [0.05, 0.1) is 12.2 Å². The summed E-state index contributed by atoms with van der Waals surface area (Å²) in [5.74, 6) is -0.283. The van der Waals surface area contributed by atoms with Crippen LogP contribution in [0.1, 0.15) is 21.6 Å². The molecule has 0 fully saturated rings. The van der Waals surface area contributed by atoms with Crippen LogP contribution in [0.15, 0.2) is 59.4 Å². The summed E-state index contributed by atoms with van der Waals surface area (Å²) in [7, 11) is 0. The number of aromatic nitrogens is 3. The highest BCUT2D eigenvalue weighted by atomic mass is 35.5. The van der Waals surface area contributed by atoms with E-state index in [9.17, 15) is 9.59 Å². The van der Waals surface area contributed by atoms with Crippen LogP contribution in [0.5, 0.6) is 0 Å². The fourth-order valence-corrected chi connectivity index (χ4v) is 3.78. The number of benzene rings is 2. The molecule has 8 heteroatoms. The number of halogens is 1. The molecule has 0 spiro atoms. The third-order valence-corrected chi connectivity index (χ3v) is 5.31. The highest BCUT2D eigenvalue weighted by Gasteiger charge is 2.12. The largest absolute Gasteiger partial charge is 0.346 e. The first-order chi connectivity index (χ1) is 13.5. The highest BCUT2D eigenvalue weighted by molar-refractivity contribution is 7.19. The molecule has 2 heterocycles. The van der Waals surface area contributed by atoms with E-state index in [0.717, 1.165) is 11.1 Å². The molecule has 140 valence electrons. The van der Waals surface area contributed by atoms with E-state index in [2.05, 4.69) is 15.4 Å². The third kappa shape index (κ3) is 3.81. The number of amides is 1. The molecule has 0 atom stereocenters. The number of hydrogen-bond donors (Lipinski definition) is 1. The smallest absolute Gasteiger partial charge is 0.275 e. The molecule has 0 saturated carbocycles. The Labute approximate surface area is 169 Å². The van der Waals surface area contributed by atoms with Crippen molar-refractivity contribution in [3.05, 3.63) is 86.8 Å². The van der Waals surface area contributed by atoms with Gasteiger partial charge in [0, 0.05) is 22.2 Å². The zero-order chi connectivity index (χ0) is 19.7. The lowest BCUT2D eigenvalue weighted by Gasteiger charge is -2.05. The summed E-state index contributed by atoms with van der Waals surface area (Å²) in [5, 5.41) is 8.32. The zero-order valence-electron chi connectivity index (χ0n) is 14.8. The summed E-state index contributed by atoms with van der Waals surface area (Å²) < 4.78 is 1.28. The second kappa shape index (κ2) is 7.53. The average Bonchev–Trinajstić information content (AvgIpc) is 3.11. The van der Waals surface area contributed by atoms with Crippen LogP contribution in [0, 0.1) is 6.92 Å². The lowest BCUT2D eigenvalue weighted by Crippen LogP contribution is -2.25. The minimum atomic E-state index is -0.286. The number of hydrogen-bond acceptors (Lipinski definition) is 5. The number of carbonyl (C=O) groups excluding carboxylic acids is 1. The summed E-state index contributed by atoms with van der Waals surface area (Å²) in [5.41, 5.74) is 2.71. The first-order valence-electron chi connectivity index (χ1n) is 8.50. The molecule has 1 N–H and O–H groups in total. The molecule has 2 aromatic heterocycles. The molecule has 2 aromatic carbocycles. The van der Waals surface area contributed by atoms with E-state index in [-0.39, 0.29) is 18.0 Å². The van der Waals surface area contributed by atoms with Crippen LogP contribution in [-0.2, 0) is 6.54 Å². The fraction of sp³-hybridized carbons (Fsp3) is 0.100. The molecule has 0 radical (unpaired) electrons. The van der Waals surface area contributed by atoms with Gasteiger partial charge < -0.3 is 5.32 Å². The quantitative estimate of drug-likeness (QED) is 0.556. The third-order valence-electron chi connectivity index (χ3n) is 4.11. The van der Waals surface area contributed by atoms with Gasteiger partial charge in [-0.15, -0.1) is 0 Å². The number of nitrogens with zero attached hydrogens (tertiary/aromatic N) is 3. The van der Waals surface area contributed by atoms with Crippen LogP contribution in [-0.4, -0.2) is 20.5 Å². The second-order valence-corrected chi connectivity index (χ2v) is 7.64. The second-order valence-electron chi connectivity index (χ2n) is 6.25. The maximum Gasteiger partial charge on any atom is 0.275 e. The number of aryl methyl sites for hydroxylation is 1. The first kappa shape index (κ1) is 18.3. The molecular weight excluding hydrogens is 396 g/mol. The van der Waals surface area contributed by atoms with Crippen molar-refractivity contribution < 1.29 is 4.79 Å². The van der Waals surface area contributed by atoms with Crippen LogP contribution in [0.3, 0.4) is 0 Å². The van der Waals surface area contributed by atoms with E-state index in [0.29, 0.717) is 26.2 Å². The lowest BCUT2D eigenvalue weighted by molar-refractivity contribution is 0.0950. The minimum Gasteiger partial charge on any atom is -0.346 e. The van der Waals surface area contributed by atoms with Gasteiger partial charge in [-0.1, -0.05) is 58.8 Å². The number of fused-ring (bicyclic) bond motifs is 1. The molecule has 0 aliphatic rings. The molecule has 1 amide bonds. The van der Waals surface area contributed by atoms with Gasteiger partial charge in [0.1, 0.15) is 5.01 Å². The van der Waals surface area contributed by atoms with Gasteiger partial charge in [-0.25, -0.2) is 4.98 Å². The Bertz CT molecular complexity index is 1230.